The van der Waals surface area contributed by atoms with Crippen LogP contribution < -0.4 is 4.90 Å². The van der Waals surface area contributed by atoms with Crippen LogP contribution in [-0.4, -0.2) is 26.0 Å². The van der Waals surface area contributed by atoms with Gasteiger partial charge in [-0.15, -0.1) is 11.3 Å². The number of ether oxygens (including phenoxy) is 1. The topological polar surface area (TPSA) is 46.6 Å². The van der Waals surface area contributed by atoms with E-state index >= 15 is 0 Å². The van der Waals surface area contributed by atoms with Gasteiger partial charge in [0.25, 0.3) is 0 Å². The van der Waals surface area contributed by atoms with E-state index in [9.17, 15) is 9.59 Å². The molecule has 1 aromatic heterocycles. The molecule has 1 heterocycles. The highest BCUT2D eigenvalue weighted by molar-refractivity contribution is 7.14. The lowest BCUT2D eigenvalue weighted by molar-refractivity contribution is -0.141. The van der Waals surface area contributed by atoms with Gasteiger partial charge in [-0.25, -0.2) is 0 Å². The van der Waals surface area contributed by atoms with Crippen molar-refractivity contribution in [1.29, 1.82) is 0 Å². The zero-order valence-corrected chi connectivity index (χ0v) is 9.54. The first kappa shape index (κ1) is 11.7. The van der Waals surface area contributed by atoms with Crippen molar-refractivity contribution in [2.75, 3.05) is 19.1 Å². The molecule has 4 nitrogen and oxygen atoms in total. The average Bonchev–Trinajstić information content (AvgIpc) is 2.77. The highest BCUT2D eigenvalue weighted by Crippen LogP contribution is 2.20. The lowest BCUT2D eigenvalue weighted by atomic mass is 10.3. The Balaban J connectivity index is 2.44. The maximum absolute atomic E-state index is 11.6. The van der Waals surface area contributed by atoms with E-state index < -0.39 is 0 Å². The molecule has 5 heteroatoms. The zero-order valence-electron chi connectivity index (χ0n) is 8.73. The summed E-state index contributed by atoms with van der Waals surface area (Å²) in [5.74, 6) is -0.439. The van der Waals surface area contributed by atoms with Gasteiger partial charge in [0, 0.05) is 13.5 Å². The fourth-order valence-corrected chi connectivity index (χ4v) is 1.78. The minimum Gasteiger partial charge on any atom is -0.469 e. The summed E-state index contributed by atoms with van der Waals surface area (Å²) in [4.78, 5) is 24.0. The number of thiophene rings is 1. The summed E-state index contributed by atoms with van der Waals surface area (Å²) in [6.45, 7) is 0. The Morgan fingerprint density at radius 2 is 2.20 bits per heavy atom. The molecule has 0 aromatic carbocycles. The summed E-state index contributed by atoms with van der Waals surface area (Å²) in [6, 6.07) is 3.74. The summed E-state index contributed by atoms with van der Waals surface area (Å²) in [7, 11) is 3.02. The minimum absolute atomic E-state index is 0.0807. The molecule has 82 valence electrons. The van der Waals surface area contributed by atoms with Crippen molar-refractivity contribution in [3.8, 4) is 0 Å². The van der Waals surface area contributed by atoms with Crippen LogP contribution in [0.4, 0.5) is 5.00 Å². The van der Waals surface area contributed by atoms with Crippen LogP contribution in [0.15, 0.2) is 17.5 Å². The van der Waals surface area contributed by atoms with Gasteiger partial charge in [0.2, 0.25) is 5.91 Å². The molecule has 0 spiro atoms. The van der Waals surface area contributed by atoms with Crippen LogP contribution >= 0.6 is 11.3 Å². The number of rotatable bonds is 4. The number of hydrogen-bond acceptors (Lipinski definition) is 4. The summed E-state index contributed by atoms with van der Waals surface area (Å²) in [6.07, 6.45) is 0.312. The molecule has 0 saturated heterocycles. The standard InChI is InChI=1S/C10H13NO3S/c1-11(9-4-3-7-15-9)8(12)5-6-10(13)14-2/h3-4,7H,5-6H2,1-2H3. The lowest BCUT2D eigenvalue weighted by Crippen LogP contribution is -2.25. The molecule has 0 fully saturated rings. The van der Waals surface area contributed by atoms with Gasteiger partial charge in [-0.1, -0.05) is 0 Å². The van der Waals surface area contributed by atoms with E-state index in [0.29, 0.717) is 0 Å². The molecule has 0 atom stereocenters. The number of carbonyl (C=O) groups is 2. The van der Waals surface area contributed by atoms with Crippen LogP contribution in [0.1, 0.15) is 12.8 Å². The highest BCUT2D eigenvalue weighted by atomic mass is 32.1. The summed E-state index contributed by atoms with van der Waals surface area (Å²) >= 11 is 1.49. The van der Waals surface area contributed by atoms with E-state index in [1.54, 1.807) is 11.9 Å². The Morgan fingerprint density at radius 1 is 1.47 bits per heavy atom. The van der Waals surface area contributed by atoms with Gasteiger partial charge in [-0.2, -0.15) is 0 Å². The van der Waals surface area contributed by atoms with Gasteiger partial charge < -0.3 is 9.64 Å². The number of esters is 1. The Hall–Kier alpha value is -1.36. The molecule has 0 N–H and O–H groups in total. The van der Waals surface area contributed by atoms with Crippen LogP contribution in [0, 0.1) is 0 Å². The van der Waals surface area contributed by atoms with E-state index in [4.69, 9.17) is 0 Å². The SMILES string of the molecule is COC(=O)CCC(=O)N(C)c1cccs1. The first-order valence-electron chi connectivity index (χ1n) is 4.52. The third-order valence-electron chi connectivity index (χ3n) is 1.98. The second-order valence-electron chi connectivity index (χ2n) is 2.98. The first-order chi connectivity index (χ1) is 7.15. The maximum Gasteiger partial charge on any atom is 0.306 e. The molecule has 1 aromatic rings. The van der Waals surface area contributed by atoms with Gasteiger partial charge >= 0.3 is 5.97 Å². The predicted molar refractivity (Wildman–Crippen MR) is 59.0 cm³/mol. The molecule has 1 rings (SSSR count). The molecule has 0 aliphatic rings. The third kappa shape index (κ3) is 3.36. The molecule has 0 radical (unpaired) electrons. The Kier molecular flexibility index (Phi) is 4.30. The van der Waals surface area contributed by atoms with Crippen molar-refractivity contribution in [3.05, 3.63) is 17.5 Å². The molecular weight excluding hydrogens is 214 g/mol. The number of anilines is 1. The van der Waals surface area contributed by atoms with E-state index in [-0.39, 0.29) is 24.7 Å². The van der Waals surface area contributed by atoms with Gasteiger partial charge in [-0.3, -0.25) is 9.59 Å². The maximum atomic E-state index is 11.6. The van der Waals surface area contributed by atoms with Crippen LogP contribution in [0.5, 0.6) is 0 Å². The monoisotopic (exact) mass is 227 g/mol. The second kappa shape index (κ2) is 5.50. The number of carbonyl (C=O) groups excluding carboxylic acids is 2. The van der Waals surface area contributed by atoms with E-state index in [1.807, 2.05) is 17.5 Å². The molecule has 0 bridgehead atoms. The van der Waals surface area contributed by atoms with Crippen molar-refractivity contribution < 1.29 is 14.3 Å². The Labute approximate surface area is 92.5 Å². The van der Waals surface area contributed by atoms with Gasteiger partial charge in [-0.05, 0) is 17.5 Å². The molecule has 15 heavy (non-hydrogen) atoms. The summed E-state index contributed by atoms with van der Waals surface area (Å²) < 4.78 is 4.46. The molecule has 0 aliphatic carbocycles. The van der Waals surface area contributed by atoms with Crippen molar-refractivity contribution in [3.63, 3.8) is 0 Å². The average molecular weight is 227 g/mol. The first-order valence-corrected chi connectivity index (χ1v) is 5.40. The van der Waals surface area contributed by atoms with Crippen molar-refractivity contribution in [2.24, 2.45) is 0 Å². The van der Waals surface area contributed by atoms with Gasteiger partial charge in [0.1, 0.15) is 0 Å². The third-order valence-corrected chi connectivity index (χ3v) is 2.93. The van der Waals surface area contributed by atoms with Crippen molar-refractivity contribution in [2.45, 2.75) is 12.8 Å². The Morgan fingerprint density at radius 3 is 2.73 bits per heavy atom. The van der Waals surface area contributed by atoms with Crippen LogP contribution in [-0.2, 0) is 14.3 Å². The minimum atomic E-state index is -0.358. The van der Waals surface area contributed by atoms with E-state index in [2.05, 4.69) is 4.74 Å². The van der Waals surface area contributed by atoms with E-state index in [0.717, 1.165) is 5.00 Å². The number of methoxy groups -OCH3 is 1. The van der Waals surface area contributed by atoms with Crippen LogP contribution in [0.25, 0.3) is 0 Å². The van der Waals surface area contributed by atoms with E-state index in [1.165, 1.54) is 18.4 Å². The lowest BCUT2D eigenvalue weighted by Gasteiger charge is -2.14. The molecule has 1 amide bonds. The number of nitrogens with zero attached hydrogens (tertiary/aromatic N) is 1. The quantitative estimate of drug-likeness (QED) is 0.735. The largest absolute Gasteiger partial charge is 0.469 e. The summed E-state index contributed by atoms with van der Waals surface area (Å²) in [5.41, 5.74) is 0. The normalized spacial score (nSPS) is 9.73. The van der Waals surface area contributed by atoms with Crippen LogP contribution in [0.2, 0.25) is 0 Å². The van der Waals surface area contributed by atoms with Crippen molar-refractivity contribution in [1.82, 2.24) is 0 Å². The molecular formula is C10H13NO3S. The fraction of sp³-hybridized carbons (Fsp3) is 0.400. The summed E-state index contributed by atoms with van der Waals surface area (Å²) in [5, 5.41) is 2.78. The van der Waals surface area contributed by atoms with Gasteiger partial charge in [0.05, 0.1) is 18.5 Å². The highest BCUT2D eigenvalue weighted by Gasteiger charge is 2.13. The zero-order chi connectivity index (χ0) is 11.3. The number of amides is 1. The van der Waals surface area contributed by atoms with Crippen LogP contribution in [0.3, 0.4) is 0 Å². The second-order valence-corrected chi connectivity index (χ2v) is 3.91. The van der Waals surface area contributed by atoms with Gasteiger partial charge in [0.15, 0.2) is 0 Å². The smallest absolute Gasteiger partial charge is 0.306 e. The Bertz CT molecular complexity index is 334. The molecule has 0 aliphatic heterocycles. The fourth-order valence-electron chi connectivity index (χ4n) is 1.06. The van der Waals surface area contributed by atoms with Crippen molar-refractivity contribution >= 4 is 28.2 Å². The number of hydrogen-bond donors (Lipinski definition) is 0. The molecule has 0 saturated carbocycles. The molecule has 0 unspecified atom stereocenters. The predicted octanol–water partition coefficient (Wildman–Crippen LogP) is 1.66.